The summed E-state index contributed by atoms with van der Waals surface area (Å²) in [6.45, 7) is 7.35. The Hall–Kier alpha value is -2.92. The number of aryl methyl sites for hydroxylation is 2. The number of hydrogen-bond donors (Lipinski definition) is 2. The van der Waals surface area contributed by atoms with Crippen molar-refractivity contribution in [3.8, 4) is 0 Å². The highest BCUT2D eigenvalue weighted by Crippen LogP contribution is 2.17. The normalized spacial score (nSPS) is 12.0. The van der Waals surface area contributed by atoms with Gasteiger partial charge in [0.1, 0.15) is 0 Å². The van der Waals surface area contributed by atoms with Gasteiger partial charge in [-0.2, -0.15) is 5.10 Å². The van der Waals surface area contributed by atoms with Crippen LogP contribution in [0, 0.1) is 20.8 Å². The maximum atomic E-state index is 12.3. The minimum Gasteiger partial charge on any atom is -0.354 e. The van der Waals surface area contributed by atoms with Crippen LogP contribution in [0.4, 0.5) is 0 Å². The van der Waals surface area contributed by atoms with E-state index in [9.17, 15) is 4.79 Å². The zero-order valence-electron chi connectivity index (χ0n) is 17.5. The molecule has 3 rings (SSSR count). The van der Waals surface area contributed by atoms with Crippen molar-refractivity contribution in [1.82, 2.24) is 15.1 Å². The Kier molecular flexibility index (Phi) is 6.83. The molecule has 0 radical (unpaired) electrons. The molecule has 152 valence electrons. The lowest BCUT2D eigenvalue weighted by molar-refractivity contribution is -0.121. The molecule has 5 nitrogen and oxygen atoms in total. The van der Waals surface area contributed by atoms with Gasteiger partial charge in [-0.25, -0.2) is 0 Å². The number of nitrogens with zero attached hydrogens (tertiary/aromatic N) is 2. The first kappa shape index (κ1) is 20.8. The molecular weight excluding hydrogens is 360 g/mol. The molecule has 0 bridgehead atoms. The van der Waals surface area contributed by atoms with E-state index in [-0.39, 0.29) is 11.9 Å². The average molecular weight is 391 g/mol. The SMILES string of the molecule is Cc1ccc(Cn2nc(C)c(CCC(=O)NCC(N)c3ccccc3)c2C)cc1. The van der Waals surface area contributed by atoms with Crippen LogP contribution in [-0.4, -0.2) is 22.2 Å². The Morgan fingerprint density at radius 1 is 1.07 bits per heavy atom. The molecule has 1 amide bonds. The van der Waals surface area contributed by atoms with Gasteiger partial charge in [-0.1, -0.05) is 60.2 Å². The lowest BCUT2D eigenvalue weighted by Crippen LogP contribution is -2.32. The monoisotopic (exact) mass is 390 g/mol. The Morgan fingerprint density at radius 2 is 1.76 bits per heavy atom. The minimum absolute atomic E-state index is 0.0152. The summed E-state index contributed by atoms with van der Waals surface area (Å²) in [5.74, 6) is 0.0152. The maximum Gasteiger partial charge on any atom is 0.220 e. The van der Waals surface area contributed by atoms with E-state index in [0.29, 0.717) is 19.4 Å². The van der Waals surface area contributed by atoms with Crippen LogP contribution in [0.5, 0.6) is 0 Å². The second kappa shape index (κ2) is 9.52. The van der Waals surface area contributed by atoms with Gasteiger partial charge in [-0.15, -0.1) is 0 Å². The van der Waals surface area contributed by atoms with Gasteiger partial charge in [-0.3, -0.25) is 9.48 Å². The number of nitrogens with one attached hydrogen (secondary N) is 1. The van der Waals surface area contributed by atoms with Crippen LogP contribution < -0.4 is 11.1 Å². The van der Waals surface area contributed by atoms with Crippen molar-refractivity contribution in [3.05, 3.63) is 88.2 Å². The van der Waals surface area contributed by atoms with Crippen LogP contribution >= 0.6 is 0 Å². The highest BCUT2D eigenvalue weighted by atomic mass is 16.1. The Balaban J connectivity index is 1.54. The molecule has 0 saturated carbocycles. The van der Waals surface area contributed by atoms with E-state index in [1.165, 1.54) is 11.1 Å². The van der Waals surface area contributed by atoms with Gasteiger partial charge >= 0.3 is 0 Å². The predicted octanol–water partition coefficient (Wildman–Crippen LogP) is 3.61. The van der Waals surface area contributed by atoms with Gasteiger partial charge < -0.3 is 11.1 Å². The van der Waals surface area contributed by atoms with Crippen molar-refractivity contribution >= 4 is 5.91 Å². The second-order valence-corrected chi connectivity index (χ2v) is 7.61. The van der Waals surface area contributed by atoms with Crippen LogP contribution in [0.2, 0.25) is 0 Å². The summed E-state index contributed by atoms with van der Waals surface area (Å²) in [6, 6.07) is 18.1. The summed E-state index contributed by atoms with van der Waals surface area (Å²) in [5.41, 5.74) is 12.9. The molecule has 0 saturated heterocycles. The predicted molar refractivity (Wildman–Crippen MR) is 117 cm³/mol. The van der Waals surface area contributed by atoms with Gasteiger partial charge in [0.15, 0.2) is 0 Å². The number of amides is 1. The second-order valence-electron chi connectivity index (χ2n) is 7.61. The molecule has 1 heterocycles. The van der Waals surface area contributed by atoms with E-state index in [1.54, 1.807) is 0 Å². The van der Waals surface area contributed by atoms with E-state index in [2.05, 4.69) is 48.5 Å². The van der Waals surface area contributed by atoms with Gasteiger partial charge in [0.05, 0.1) is 12.2 Å². The van der Waals surface area contributed by atoms with E-state index in [4.69, 9.17) is 5.73 Å². The molecule has 5 heteroatoms. The molecule has 1 aromatic heterocycles. The smallest absolute Gasteiger partial charge is 0.220 e. The quantitative estimate of drug-likeness (QED) is 0.617. The number of hydrogen-bond acceptors (Lipinski definition) is 3. The molecule has 29 heavy (non-hydrogen) atoms. The standard InChI is InChI=1S/C24H30N4O/c1-17-9-11-20(12-10-17)16-28-19(3)22(18(2)27-28)13-14-24(29)26-15-23(25)21-7-5-4-6-8-21/h4-12,23H,13-16,25H2,1-3H3,(H,26,29). The molecule has 0 spiro atoms. The summed E-state index contributed by atoms with van der Waals surface area (Å²) in [5, 5.41) is 7.64. The van der Waals surface area contributed by atoms with Gasteiger partial charge in [0.25, 0.3) is 0 Å². The fourth-order valence-corrected chi connectivity index (χ4v) is 3.48. The van der Waals surface area contributed by atoms with Crippen molar-refractivity contribution in [3.63, 3.8) is 0 Å². The highest BCUT2D eigenvalue weighted by Gasteiger charge is 2.14. The summed E-state index contributed by atoms with van der Waals surface area (Å²) in [7, 11) is 0. The van der Waals surface area contributed by atoms with E-state index < -0.39 is 0 Å². The molecule has 0 fully saturated rings. The number of carbonyl (C=O) groups is 1. The van der Waals surface area contributed by atoms with Crippen molar-refractivity contribution < 1.29 is 4.79 Å². The van der Waals surface area contributed by atoms with Crippen molar-refractivity contribution in [2.24, 2.45) is 5.73 Å². The molecule has 3 aromatic rings. The lowest BCUT2D eigenvalue weighted by Gasteiger charge is -2.13. The van der Waals surface area contributed by atoms with E-state index in [1.807, 2.05) is 41.9 Å². The highest BCUT2D eigenvalue weighted by molar-refractivity contribution is 5.76. The van der Waals surface area contributed by atoms with Crippen LogP contribution in [0.1, 0.15) is 46.1 Å². The Labute approximate surface area is 172 Å². The number of aromatic nitrogens is 2. The molecule has 3 N–H and O–H groups in total. The molecule has 2 aromatic carbocycles. The average Bonchev–Trinajstić information content (AvgIpc) is 2.99. The van der Waals surface area contributed by atoms with Gasteiger partial charge in [0, 0.05) is 24.7 Å². The molecule has 0 aliphatic carbocycles. The minimum atomic E-state index is -0.194. The molecule has 0 aliphatic rings. The molecule has 0 aliphatic heterocycles. The summed E-state index contributed by atoms with van der Waals surface area (Å²) in [6.07, 6.45) is 1.11. The Bertz CT molecular complexity index is 945. The van der Waals surface area contributed by atoms with Crippen LogP contribution in [0.25, 0.3) is 0 Å². The van der Waals surface area contributed by atoms with Crippen LogP contribution in [0.15, 0.2) is 54.6 Å². The van der Waals surface area contributed by atoms with Gasteiger partial charge in [-0.05, 0) is 43.9 Å². The lowest BCUT2D eigenvalue weighted by atomic mass is 10.1. The van der Waals surface area contributed by atoms with Crippen LogP contribution in [-0.2, 0) is 17.8 Å². The third-order valence-corrected chi connectivity index (χ3v) is 5.33. The zero-order chi connectivity index (χ0) is 20.8. The summed E-state index contributed by atoms with van der Waals surface area (Å²) in [4.78, 5) is 12.3. The molecule has 1 atom stereocenters. The van der Waals surface area contributed by atoms with Crippen molar-refractivity contribution in [2.45, 2.75) is 46.2 Å². The first-order chi connectivity index (χ1) is 13.9. The van der Waals surface area contributed by atoms with Crippen molar-refractivity contribution in [2.75, 3.05) is 6.54 Å². The molecule has 1 unspecified atom stereocenters. The van der Waals surface area contributed by atoms with Crippen LogP contribution in [0.3, 0.4) is 0 Å². The van der Waals surface area contributed by atoms with Crippen molar-refractivity contribution in [1.29, 1.82) is 0 Å². The number of benzene rings is 2. The fourth-order valence-electron chi connectivity index (χ4n) is 3.48. The summed E-state index contributed by atoms with van der Waals surface area (Å²) < 4.78 is 2.03. The number of rotatable bonds is 8. The first-order valence-corrected chi connectivity index (χ1v) is 10.1. The topological polar surface area (TPSA) is 72.9 Å². The maximum absolute atomic E-state index is 12.3. The first-order valence-electron chi connectivity index (χ1n) is 10.1. The third kappa shape index (κ3) is 5.55. The zero-order valence-corrected chi connectivity index (χ0v) is 17.5. The third-order valence-electron chi connectivity index (χ3n) is 5.33. The Morgan fingerprint density at radius 3 is 2.45 bits per heavy atom. The number of carbonyl (C=O) groups excluding carboxylic acids is 1. The summed E-state index contributed by atoms with van der Waals surface area (Å²) >= 11 is 0. The fraction of sp³-hybridized carbons (Fsp3) is 0.333. The van der Waals surface area contributed by atoms with Gasteiger partial charge in [0.2, 0.25) is 5.91 Å². The van der Waals surface area contributed by atoms with E-state index in [0.717, 1.165) is 29.1 Å². The van der Waals surface area contributed by atoms with E-state index >= 15 is 0 Å². The molecular formula is C24H30N4O. The largest absolute Gasteiger partial charge is 0.354 e. The number of nitrogens with two attached hydrogens (primary N) is 1.